The van der Waals surface area contributed by atoms with E-state index in [0.29, 0.717) is 22.9 Å². The zero-order valence-corrected chi connectivity index (χ0v) is 14.4. The Balaban J connectivity index is 1.65. The number of ether oxygens (including phenoxy) is 1. The highest BCUT2D eigenvalue weighted by Crippen LogP contribution is 2.17. The maximum atomic E-state index is 12.4. The normalized spacial score (nSPS) is 10.4. The Labute approximate surface area is 150 Å². The number of hydrogen-bond donors (Lipinski definition) is 0. The van der Waals surface area contributed by atoms with Crippen LogP contribution in [-0.2, 0) is 6.61 Å². The fraction of sp³-hybridized carbons (Fsp3) is 0.158. The average Bonchev–Trinajstić information content (AvgIpc) is 3.15. The second kappa shape index (κ2) is 7.60. The molecular weight excluding hydrogens is 334 g/mol. The van der Waals surface area contributed by atoms with Crippen molar-refractivity contribution in [1.29, 1.82) is 0 Å². The van der Waals surface area contributed by atoms with Crippen molar-refractivity contribution in [3.05, 3.63) is 71.7 Å². The van der Waals surface area contributed by atoms with E-state index >= 15 is 0 Å². The lowest BCUT2D eigenvalue weighted by Gasteiger charge is -2.13. The molecule has 0 aliphatic rings. The summed E-state index contributed by atoms with van der Waals surface area (Å²) in [5, 5.41) is 3.79. The molecule has 0 atom stereocenters. The smallest absolute Gasteiger partial charge is 0.281 e. The number of anilines is 1. The fourth-order valence-electron chi connectivity index (χ4n) is 2.27. The first-order chi connectivity index (χ1) is 12.5. The van der Waals surface area contributed by atoms with Gasteiger partial charge in [0.1, 0.15) is 18.2 Å². The highest BCUT2D eigenvalue weighted by atomic mass is 16.5. The Morgan fingerprint density at radius 2 is 2.00 bits per heavy atom. The molecule has 0 saturated carbocycles. The first kappa shape index (κ1) is 17.3. The van der Waals surface area contributed by atoms with Gasteiger partial charge in [-0.2, -0.15) is 0 Å². The van der Waals surface area contributed by atoms with Crippen molar-refractivity contribution in [3.63, 3.8) is 0 Å². The first-order valence-corrected chi connectivity index (χ1v) is 7.93. The number of nitrogens with zero attached hydrogens (tertiary/aromatic N) is 3. The van der Waals surface area contributed by atoms with Crippen LogP contribution >= 0.6 is 0 Å². The Bertz CT molecular complexity index is 921. The van der Waals surface area contributed by atoms with E-state index in [1.165, 1.54) is 17.9 Å². The van der Waals surface area contributed by atoms with Crippen LogP contribution in [0.15, 0.2) is 59.3 Å². The molecule has 0 bridgehead atoms. The molecule has 0 unspecified atom stereocenters. The van der Waals surface area contributed by atoms with E-state index in [4.69, 9.17) is 9.26 Å². The number of rotatable bonds is 6. The summed E-state index contributed by atoms with van der Waals surface area (Å²) < 4.78 is 10.8. The highest BCUT2D eigenvalue weighted by Gasteiger charge is 2.19. The summed E-state index contributed by atoms with van der Waals surface area (Å²) in [7, 11) is 1.61. The van der Waals surface area contributed by atoms with Crippen LogP contribution in [0, 0.1) is 0 Å². The summed E-state index contributed by atoms with van der Waals surface area (Å²) in [6.07, 6.45) is 1.61. The van der Waals surface area contributed by atoms with Crippen molar-refractivity contribution in [3.8, 4) is 5.75 Å². The minimum atomic E-state index is -0.336. The van der Waals surface area contributed by atoms with E-state index in [9.17, 15) is 9.59 Å². The third-order valence-corrected chi connectivity index (χ3v) is 3.70. The topological polar surface area (TPSA) is 85.5 Å². The van der Waals surface area contributed by atoms with Crippen molar-refractivity contribution < 1.29 is 18.8 Å². The second-order valence-corrected chi connectivity index (χ2v) is 5.60. The van der Waals surface area contributed by atoms with Crippen molar-refractivity contribution in [2.24, 2.45) is 0 Å². The molecule has 0 N–H and O–H groups in total. The SMILES string of the molecule is CC(=O)c1cccc(OCc2cc(C(=O)N(C)c3ccccn3)no2)c1. The molecule has 3 rings (SSSR count). The van der Waals surface area contributed by atoms with Crippen molar-refractivity contribution in [1.82, 2.24) is 10.1 Å². The molecule has 0 fully saturated rings. The van der Waals surface area contributed by atoms with E-state index in [0.717, 1.165) is 0 Å². The number of amides is 1. The third kappa shape index (κ3) is 3.94. The minimum Gasteiger partial charge on any atom is -0.486 e. The summed E-state index contributed by atoms with van der Waals surface area (Å²) >= 11 is 0. The monoisotopic (exact) mass is 351 g/mol. The maximum absolute atomic E-state index is 12.4. The number of ketones is 1. The van der Waals surface area contributed by atoms with Gasteiger partial charge in [0.05, 0.1) is 0 Å². The molecule has 2 heterocycles. The predicted octanol–water partition coefficient (Wildman–Crippen LogP) is 3.13. The van der Waals surface area contributed by atoms with Gasteiger partial charge in [-0.3, -0.25) is 14.5 Å². The molecule has 1 aromatic carbocycles. The Hall–Kier alpha value is -3.48. The second-order valence-electron chi connectivity index (χ2n) is 5.60. The third-order valence-electron chi connectivity index (χ3n) is 3.70. The van der Waals surface area contributed by atoms with Crippen molar-refractivity contribution >= 4 is 17.5 Å². The van der Waals surface area contributed by atoms with E-state index < -0.39 is 0 Å². The molecule has 0 saturated heterocycles. The molecule has 7 heteroatoms. The molecule has 0 spiro atoms. The number of Topliss-reactive ketones (excluding diaryl/α,β-unsaturated/α-hetero) is 1. The number of benzene rings is 1. The van der Waals surface area contributed by atoms with Crippen LogP contribution in [0.3, 0.4) is 0 Å². The van der Waals surface area contributed by atoms with Gasteiger partial charge in [0.15, 0.2) is 17.2 Å². The van der Waals surface area contributed by atoms with Crippen LogP contribution < -0.4 is 9.64 Å². The van der Waals surface area contributed by atoms with Gasteiger partial charge in [0, 0.05) is 24.9 Å². The average molecular weight is 351 g/mol. The molecule has 1 amide bonds. The lowest BCUT2D eigenvalue weighted by molar-refractivity contribution is 0.0981. The molecule has 0 radical (unpaired) electrons. The Morgan fingerprint density at radius 3 is 2.73 bits per heavy atom. The van der Waals surface area contributed by atoms with Gasteiger partial charge in [-0.1, -0.05) is 23.4 Å². The molecule has 7 nitrogen and oxygen atoms in total. The van der Waals surface area contributed by atoms with E-state index in [1.807, 2.05) is 0 Å². The van der Waals surface area contributed by atoms with Crippen LogP contribution in [0.25, 0.3) is 0 Å². The van der Waals surface area contributed by atoms with E-state index in [-0.39, 0.29) is 24.0 Å². The lowest BCUT2D eigenvalue weighted by Crippen LogP contribution is -2.27. The summed E-state index contributed by atoms with van der Waals surface area (Å²) in [4.78, 5) is 29.3. The Morgan fingerprint density at radius 1 is 1.15 bits per heavy atom. The van der Waals surface area contributed by atoms with Gasteiger partial charge in [-0.25, -0.2) is 4.98 Å². The number of carbonyl (C=O) groups is 2. The Kier molecular flexibility index (Phi) is 5.07. The molecule has 0 aliphatic heterocycles. The first-order valence-electron chi connectivity index (χ1n) is 7.93. The van der Waals surface area contributed by atoms with Crippen LogP contribution in [0.5, 0.6) is 5.75 Å². The summed E-state index contributed by atoms with van der Waals surface area (Å²) in [5.41, 5.74) is 0.724. The van der Waals surface area contributed by atoms with Crippen LogP contribution in [0.2, 0.25) is 0 Å². The molecule has 2 aromatic heterocycles. The van der Waals surface area contributed by atoms with Crippen LogP contribution in [0.1, 0.15) is 33.5 Å². The van der Waals surface area contributed by atoms with Crippen molar-refractivity contribution in [2.75, 3.05) is 11.9 Å². The largest absolute Gasteiger partial charge is 0.486 e. The molecular formula is C19H17N3O4. The molecule has 3 aromatic rings. The van der Waals surface area contributed by atoms with Crippen LogP contribution in [0.4, 0.5) is 5.82 Å². The van der Waals surface area contributed by atoms with Gasteiger partial charge in [-0.15, -0.1) is 0 Å². The van der Waals surface area contributed by atoms with Gasteiger partial charge in [0.25, 0.3) is 5.91 Å². The molecule has 0 aliphatic carbocycles. The number of pyridine rings is 1. The van der Waals surface area contributed by atoms with Crippen LogP contribution in [-0.4, -0.2) is 28.9 Å². The standard InChI is InChI=1S/C19H17N3O4/c1-13(23)14-6-5-7-15(10-14)25-12-16-11-17(21-26-16)19(24)22(2)18-8-3-4-9-20-18/h3-11H,12H2,1-2H3. The summed E-state index contributed by atoms with van der Waals surface area (Å²) in [5.74, 6) is 1.07. The van der Waals surface area contributed by atoms with E-state index in [1.54, 1.807) is 55.7 Å². The van der Waals surface area contributed by atoms with Gasteiger partial charge >= 0.3 is 0 Å². The zero-order valence-electron chi connectivity index (χ0n) is 14.4. The number of hydrogen-bond acceptors (Lipinski definition) is 6. The lowest BCUT2D eigenvalue weighted by atomic mass is 10.1. The maximum Gasteiger partial charge on any atom is 0.281 e. The summed E-state index contributed by atoms with van der Waals surface area (Å²) in [6.45, 7) is 1.58. The van der Waals surface area contributed by atoms with Gasteiger partial charge in [-0.05, 0) is 31.2 Å². The fourth-order valence-corrected chi connectivity index (χ4v) is 2.27. The zero-order chi connectivity index (χ0) is 18.5. The quantitative estimate of drug-likeness (QED) is 0.634. The van der Waals surface area contributed by atoms with Gasteiger partial charge < -0.3 is 9.26 Å². The van der Waals surface area contributed by atoms with Crippen molar-refractivity contribution in [2.45, 2.75) is 13.5 Å². The number of carbonyl (C=O) groups excluding carboxylic acids is 2. The highest BCUT2D eigenvalue weighted by molar-refractivity contribution is 6.03. The summed E-state index contributed by atoms with van der Waals surface area (Å²) in [6, 6.07) is 13.7. The molecule has 132 valence electrons. The number of aromatic nitrogens is 2. The minimum absolute atomic E-state index is 0.0412. The predicted molar refractivity (Wildman–Crippen MR) is 94.3 cm³/mol. The molecule has 26 heavy (non-hydrogen) atoms. The van der Waals surface area contributed by atoms with E-state index in [2.05, 4.69) is 10.1 Å². The van der Waals surface area contributed by atoms with Gasteiger partial charge in [0.2, 0.25) is 0 Å².